The van der Waals surface area contributed by atoms with Crippen LogP contribution in [0.1, 0.15) is 5.56 Å². The predicted molar refractivity (Wildman–Crippen MR) is 63.3 cm³/mol. The smallest absolute Gasteiger partial charge is 0.328 e. The molecule has 6 nitrogen and oxygen atoms in total. The summed E-state index contributed by atoms with van der Waals surface area (Å²) in [7, 11) is 0. The number of H-pyrrole nitrogens is 1. The van der Waals surface area contributed by atoms with E-state index in [2.05, 4.69) is 9.88 Å². The summed E-state index contributed by atoms with van der Waals surface area (Å²) in [4.78, 5) is 27.3. The summed E-state index contributed by atoms with van der Waals surface area (Å²) in [5.41, 5.74) is -0.0851. The third-order valence-electron chi connectivity index (χ3n) is 2.95. The van der Waals surface area contributed by atoms with Crippen molar-refractivity contribution in [2.45, 2.75) is 13.5 Å². The van der Waals surface area contributed by atoms with Gasteiger partial charge < -0.3 is 4.74 Å². The van der Waals surface area contributed by atoms with Crippen molar-refractivity contribution in [3.05, 3.63) is 32.6 Å². The second kappa shape index (κ2) is 5.29. The molecule has 94 valence electrons. The van der Waals surface area contributed by atoms with Crippen molar-refractivity contribution in [2.24, 2.45) is 0 Å². The molecule has 0 aromatic carbocycles. The van der Waals surface area contributed by atoms with Crippen molar-refractivity contribution >= 4 is 0 Å². The van der Waals surface area contributed by atoms with Crippen molar-refractivity contribution in [3.63, 3.8) is 0 Å². The van der Waals surface area contributed by atoms with Gasteiger partial charge in [-0.05, 0) is 6.92 Å². The van der Waals surface area contributed by atoms with Crippen LogP contribution in [0.3, 0.4) is 0 Å². The minimum absolute atomic E-state index is 0.308. The summed E-state index contributed by atoms with van der Waals surface area (Å²) < 4.78 is 6.80. The molecule has 0 radical (unpaired) electrons. The van der Waals surface area contributed by atoms with Gasteiger partial charge in [0.05, 0.1) is 13.2 Å². The number of rotatable bonds is 3. The van der Waals surface area contributed by atoms with Gasteiger partial charge in [-0.25, -0.2) is 4.79 Å². The van der Waals surface area contributed by atoms with Gasteiger partial charge in [-0.15, -0.1) is 0 Å². The lowest BCUT2D eigenvalue weighted by atomic mass is 10.3. The van der Waals surface area contributed by atoms with Gasteiger partial charge in [0.25, 0.3) is 5.56 Å². The fourth-order valence-corrected chi connectivity index (χ4v) is 1.86. The van der Waals surface area contributed by atoms with E-state index in [4.69, 9.17) is 4.74 Å². The summed E-state index contributed by atoms with van der Waals surface area (Å²) in [6.07, 6.45) is 1.61. The maximum absolute atomic E-state index is 11.5. The Morgan fingerprint density at radius 2 is 2.00 bits per heavy atom. The van der Waals surface area contributed by atoms with Crippen molar-refractivity contribution in [1.29, 1.82) is 0 Å². The second-order valence-corrected chi connectivity index (χ2v) is 4.22. The van der Waals surface area contributed by atoms with Crippen LogP contribution in [0.15, 0.2) is 15.8 Å². The summed E-state index contributed by atoms with van der Waals surface area (Å²) in [6.45, 7) is 6.39. The van der Waals surface area contributed by atoms with Crippen molar-refractivity contribution in [1.82, 2.24) is 14.5 Å². The zero-order valence-corrected chi connectivity index (χ0v) is 9.94. The van der Waals surface area contributed by atoms with Crippen LogP contribution < -0.4 is 11.2 Å². The van der Waals surface area contributed by atoms with Gasteiger partial charge in [0.15, 0.2) is 0 Å². The molecule has 0 amide bonds. The largest absolute Gasteiger partial charge is 0.379 e. The number of nitrogens with zero attached hydrogens (tertiary/aromatic N) is 2. The molecule has 17 heavy (non-hydrogen) atoms. The number of morpholine rings is 1. The van der Waals surface area contributed by atoms with E-state index in [-0.39, 0.29) is 11.2 Å². The monoisotopic (exact) mass is 239 g/mol. The molecule has 0 saturated carbocycles. The van der Waals surface area contributed by atoms with Gasteiger partial charge >= 0.3 is 5.69 Å². The van der Waals surface area contributed by atoms with Crippen LogP contribution in [0, 0.1) is 6.92 Å². The van der Waals surface area contributed by atoms with Gasteiger partial charge in [-0.3, -0.25) is 19.2 Å². The van der Waals surface area contributed by atoms with Gasteiger partial charge in [-0.1, -0.05) is 0 Å². The molecule has 1 aromatic rings. The molecule has 0 atom stereocenters. The first-order valence-corrected chi connectivity index (χ1v) is 5.77. The molecule has 1 aliphatic rings. The van der Waals surface area contributed by atoms with Crippen molar-refractivity contribution < 1.29 is 4.74 Å². The number of hydrogen-bond acceptors (Lipinski definition) is 4. The normalized spacial score (nSPS) is 17.2. The highest BCUT2D eigenvalue weighted by atomic mass is 16.5. The Balaban J connectivity index is 2.01. The Hall–Kier alpha value is -1.40. The predicted octanol–water partition coefficient (Wildman–Crippen LogP) is -0.823. The van der Waals surface area contributed by atoms with E-state index in [0.29, 0.717) is 12.1 Å². The average Bonchev–Trinajstić information content (AvgIpc) is 2.33. The number of ether oxygens (including phenoxy) is 1. The zero-order chi connectivity index (χ0) is 12.3. The molecule has 0 spiro atoms. The molecule has 6 heteroatoms. The van der Waals surface area contributed by atoms with E-state index >= 15 is 0 Å². The standard InChI is InChI=1S/C11H17N3O3/c1-9-8-14(11(16)12-10(9)15)3-2-13-4-6-17-7-5-13/h8H,2-7H2,1H3,(H,12,15,16). The highest BCUT2D eigenvalue weighted by molar-refractivity contribution is 5.00. The third-order valence-corrected chi connectivity index (χ3v) is 2.95. The van der Waals surface area contributed by atoms with Crippen LogP contribution in [0.5, 0.6) is 0 Å². The Labute approximate surface area is 98.8 Å². The van der Waals surface area contributed by atoms with Crippen LogP contribution in [-0.2, 0) is 11.3 Å². The Morgan fingerprint density at radius 3 is 2.71 bits per heavy atom. The molecule has 1 N–H and O–H groups in total. The molecule has 2 rings (SSSR count). The average molecular weight is 239 g/mol. The van der Waals surface area contributed by atoms with E-state index in [9.17, 15) is 9.59 Å². The molecule has 1 aromatic heterocycles. The quantitative estimate of drug-likeness (QED) is 0.748. The molecule has 0 bridgehead atoms. The minimum atomic E-state index is -0.339. The van der Waals surface area contributed by atoms with E-state index in [1.807, 2.05) is 0 Å². The van der Waals surface area contributed by atoms with Crippen molar-refractivity contribution in [2.75, 3.05) is 32.8 Å². The summed E-state index contributed by atoms with van der Waals surface area (Å²) in [5.74, 6) is 0. The van der Waals surface area contributed by atoms with Crippen LogP contribution in [0.25, 0.3) is 0 Å². The van der Waals surface area contributed by atoms with E-state index in [1.54, 1.807) is 17.7 Å². The maximum atomic E-state index is 11.5. The Morgan fingerprint density at radius 1 is 1.29 bits per heavy atom. The van der Waals surface area contributed by atoms with Crippen LogP contribution in [0.2, 0.25) is 0 Å². The molecular formula is C11H17N3O3. The molecule has 1 saturated heterocycles. The van der Waals surface area contributed by atoms with Gasteiger partial charge in [-0.2, -0.15) is 0 Å². The summed E-state index contributed by atoms with van der Waals surface area (Å²) in [6, 6.07) is 0. The highest BCUT2D eigenvalue weighted by Gasteiger charge is 2.10. The van der Waals surface area contributed by atoms with Crippen LogP contribution in [-0.4, -0.2) is 47.3 Å². The number of aromatic nitrogens is 2. The minimum Gasteiger partial charge on any atom is -0.379 e. The number of aryl methyl sites for hydroxylation is 1. The highest BCUT2D eigenvalue weighted by Crippen LogP contribution is 1.96. The first-order valence-electron chi connectivity index (χ1n) is 5.77. The molecule has 0 aliphatic carbocycles. The van der Waals surface area contributed by atoms with Gasteiger partial charge in [0.1, 0.15) is 0 Å². The fourth-order valence-electron chi connectivity index (χ4n) is 1.86. The van der Waals surface area contributed by atoms with Crippen molar-refractivity contribution in [3.8, 4) is 0 Å². The first kappa shape index (κ1) is 12.1. The third kappa shape index (κ3) is 3.04. The summed E-state index contributed by atoms with van der Waals surface area (Å²) >= 11 is 0. The van der Waals surface area contributed by atoms with E-state index in [1.165, 1.54) is 0 Å². The molecule has 1 fully saturated rings. The molecule has 1 aliphatic heterocycles. The lowest BCUT2D eigenvalue weighted by molar-refractivity contribution is 0.0362. The topological polar surface area (TPSA) is 67.3 Å². The second-order valence-electron chi connectivity index (χ2n) is 4.22. The zero-order valence-electron chi connectivity index (χ0n) is 9.94. The number of nitrogens with one attached hydrogen (secondary N) is 1. The Kier molecular flexibility index (Phi) is 3.75. The van der Waals surface area contributed by atoms with Crippen LogP contribution in [0.4, 0.5) is 0 Å². The van der Waals surface area contributed by atoms with E-state index in [0.717, 1.165) is 32.8 Å². The number of aromatic amines is 1. The van der Waals surface area contributed by atoms with Crippen LogP contribution >= 0.6 is 0 Å². The first-order chi connectivity index (χ1) is 8.16. The molecular weight excluding hydrogens is 222 g/mol. The van der Waals surface area contributed by atoms with Gasteiger partial charge in [0.2, 0.25) is 0 Å². The summed E-state index contributed by atoms with van der Waals surface area (Å²) in [5, 5.41) is 0. The lowest BCUT2D eigenvalue weighted by Crippen LogP contribution is -2.40. The molecule has 2 heterocycles. The molecule has 0 unspecified atom stereocenters. The van der Waals surface area contributed by atoms with E-state index < -0.39 is 0 Å². The number of hydrogen-bond donors (Lipinski definition) is 1. The lowest BCUT2D eigenvalue weighted by Gasteiger charge is -2.26. The Bertz CT molecular complexity index is 485. The van der Waals surface area contributed by atoms with Gasteiger partial charge in [0, 0.05) is 37.9 Å². The SMILES string of the molecule is Cc1cn(CCN2CCOCC2)c(=O)[nH]c1=O. The maximum Gasteiger partial charge on any atom is 0.328 e. The fraction of sp³-hybridized carbons (Fsp3) is 0.636.